The second-order valence-electron chi connectivity index (χ2n) is 5.46. The lowest BCUT2D eigenvalue weighted by atomic mass is 9.86. The Bertz CT molecular complexity index is 229. The van der Waals surface area contributed by atoms with Crippen LogP contribution in [-0.2, 0) is 14.3 Å². The van der Waals surface area contributed by atoms with Gasteiger partial charge in [0.15, 0.2) is 0 Å². The van der Waals surface area contributed by atoms with Gasteiger partial charge in [-0.2, -0.15) is 0 Å². The van der Waals surface area contributed by atoms with Gasteiger partial charge in [0.05, 0.1) is 13.7 Å². The first-order valence-corrected chi connectivity index (χ1v) is 5.84. The summed E-state index contributed by atoms with van der Waals surface area (Å²) in [6.45, 7) is 8.55. The summed E-state index contributed by atoms with van der Waals surface area (Å²) in [5.41, 5.74) is -0.132. The largest absolute Gasteiger partial charge is 0.468 e. The van der Waals surface area contributed by atoms with Crippen LogP contribution in [0.4, 0.5) is 0 Å². The van der Waals surface area contributed by atoms with Crippen molar-refractivity contribution in [2.24, 2.45) is 11.3 Å². The summed E-state index contributed by atoms with van der Waals surface area (Å²) in [5.74, 6) is 0.334. The normalized spacial score (nSPS) is 23.1. The summed E-state index contributed by atoms with van der Waals surface area (Å²) in [4.78, 5) is 11.6. The molecule has 94 valence electrons. The van der Waals surface area contributed by atoms with Crippen molar-refractivity contribution in [3.63, 3.8) is 0 Å². The van der Waals surface area contributed by atoms with E-state index in [1.54, 1.807) is 0 Å². The highest BCUT2D eigenvalue weighted by Gasteiger charge is 2.32. The zero-order valence-electron chi connectivity index (χ0n) is 10.7. The Morgan fingerprint density at radius 1 is 1.56 bits per heavy atom. The molecule has 1 N–H and O–H groups in total. The summed E-state index contributed by atoms with van der Waals surface area (Å²) in [6.07, 6.45) is 1.07. The van der Waals surface area contributed by atoms with Crippen molar-refractivity contribution >= 4 is 5.97 Å². The van der Waals surface area contributed by atoms with Crippen molar-refractivity contribution in [3.8, 4) is 0 Å². The Labute approximate surface area is 97.7 Å². The number of ether oxygens (including phenoxy) is 2. The molecule has 0 aliphatic carbocycles. The van der Waals surface area contributed by atoms with Crippen LogP contribution in [-0.4, -0.2) is 38.9 Å². The van der Waals surface area contributed by atoms with E-state index in [1.807, 2.05) is 20.8 Å². The number of hydrogen-bond donors (Lipinski definition) is 1. The highest BCUT2D eigenvalue weighted by atomic mass is 16.5. The quantitative estimate of drug-likeness (QED) is 0.736. The van der Waals surface area contributed by atoms with E-state index in [-0.39, 0.29) is 17.4 Å². The zero-order valence-corrected chi connectivity index (χ0v) is 10.7. The van der Waals surface area contributed by atoms with Crippen LogP contribution in [0, 0.1) is 11.3 Å². The monoisotopic (exact) mass is 229 g/mol. The van der Waals surface area contributed by atoms with E-state index in [0.29, 0.717) is 5.92 Å². The Morgan fingerprint density at radius 3 is 2.69 bits per heavy atom. The molecule has 0 aromatic heterocycles. The minimum atomic E-state index is -0.252. The van der Waals surface area contributed by atoms with Crippen LogP contribution in [0.5, 0.6) is 0 Å². The van der Waals surface area contributed by atoms with Crippen LogP contribution in [0.3, 0.4) is 0 Å². The second-order valence-corrected chi connectivity index (χ2v) is 5.46. The average molecular weight is 229 g/mol. The first-order valence-electron chi connectivity index (χ1n) is 5.84. The number of carbonyl (C=O) groups is 1. The molecule has 2 atom stereocenters. The van der Waals surface area contributed by atoms with Gasteiger partial charge in [0.1, 0.15) is 6.04 Å². The van der Waals surface area contributed by atoms with Gasteiger partial charge >= 0.3 is 5.97 Å². The van der Waals surface area contributed by atoms with Gasteiger partial charge in [-0.3, -0.25) is 4.79 Å². The molecule has 1 rings (SSSR count). The van der Waals surface area contributed by atoms with Gasteiger partial charge in [0.25, 0.3) is 0 Å². The molecule has 0 radical (unpaired) electrons. The fourth-order valence-corrected chi connectivity index (χ4v) is 1.89. The SMILES string of the molecule is COC(=O)[C@H](NC[C@H]1CCOC1)C(C)(C)C. The van der Waals surface area contributed by atoms with Gasteiger partial charge < -0.3 is 14.8 Å². The van der Waals surface area contributed by atoms with E-state index in [9.17, 15) is 4.79 Å². The molecule has 0 spiro atoms. The smallest absolute Gasteiger partial charge is 0.323 e. The lowest BCUT2D eigenvalue weighted by Gasteiger charge is -2.30. The summed E-state index contributed by atoms with van der Waals surface area (Å²) in [7, 11) is 1.43. The van der Waals surface area contributed by atoms with Crippen molar-refractivity contribution in [2.45, 2.75) is 33.2 Å². The van der Waals surface area contributed by atoms with Crippen LogP contribution in [0.2, 0.25) is 0 Å². The van der Waals surface area contributed by atoms with Crippen LogP contribution in [0.15, 0.2) is 0 Å². The maximum atomic E-state index is 11.6. The van der Waals surface area contributed by atoms with Crippen LogP contribution < -0.4 is 5.32 Å². The minimum absolute atomic E-state index is 0.132. The standard InChI is InChI=1S/C12H23NO3/c1-12(2,3)10(11(14)15-4)13-7-9-5-6-16-8-9/h9-10,13H,5-8H2,1-4H3/t9-,10+/m1/s1. The first-order chi connectivity index (χ1) is 7.45. The lowest BCUT2D eigenvalue weighted by molar-refractivity contribution is -0.146. The molecule has 0 aromatic rings. The van der Waals surface area contributed by atoms with E-state index in [1.165, 1.54) is 7.11 Å². The van der Waals surface area contributed by atoms with Crippen molar-refractivity contribution < 1.29 is 14.3 Å². The second kappa shape index (κ2) is 5.64. The average Bonchev–Trinajstić information content (AvgIpc) is 2.68. The summed E-state index contributed by atoms with van der Waals surface area (Å²) < 4.78 is 10.1. The van der Waals surface area contributed by atoms with E-state index in [0.717, 1.165) is 26.2 Å². The number of hydrogen-bond acceptors (Lipinski definition) is 4. The zero-order chi connectivity index (χ0) is 12.2. The third-order valence-electron chi connectivity index (χ3n) is 2.94. The molecule has 1 aliphatic rings. The van der Waals surface area contributed by atoms with Crippen molar-refractivity contribution in [3.05, 3.63) is 0 Å². The minimum Gasteiger partial charge on any atom is -0.468 e. The fraction of sp³-hybridized carbons (Fsp3) is 0.917. The Kier molecular flexibility index (Phi) is 4.74. The molecule has 1 saturated heterocycles. The molecule has 1 fully saturated rings. The molecular weight excluding hydrogens is 206 g/mol. The maximum absolute atomic E-state index is 11.6. The Hall–Kier alpha value is -0.610. The number of esters is 1. The highest BCUT2D eigenvalue weighted by Crippen LogP contribution is 2.21. The molecule has 0 bridgehead atoms. The topological polar surface area (TPSA) is 47.6 Å². The van der Waals surface area contributed by atoms with Gasteiger partial charge in [-0.25, -0.2) is 0 Å². The molecule has 0 saturated carbocycles. The lowest BCUT2D eigenvalue weighted by Crippen LogP contribution is -2.48. The molecule has 1 aliphatic heterocycles. The maximum Gasteiger partial charge on any atom is 0.323 e. The molecule has 16 heavy (non-hydrogen) atoms. The summed E-state index contributed by atoms with van der Waals surface area (Å²) in [6, 6.07) is -0.252. The molecule has 0 unspecified atom stereocenters. The third kappa shape index (κ3) is 3.76. The molecule has 4 nitrogen and oxygen atoms in total. The number of methoxy groups -OCH3 is 1. The molecule has 0 amide bonds. The number of carbonyl (C=O) groups excluding carboxylic acids is 1. The van der Waals surface area contributed by atoms with Crippen LogP contribution in [0.1, 0.15) is 27.2 Å². The van der Waals surface area contributed by atoms with E-state index in [2.05, 4.69) is 5.32 Å². The van der Waals surface area contributed by atoms with E-state index >= 15 is 0 Å². The molecular formula is C12H23NO3. The molecule has 0 aromatic carbocycles. The Morgan fingerprint density at radius 2 is 2.25 bits per heavy atom. The highest BCUT2D eigenvalue weighted by molar-refractivity contribution is 5.76. The van der Waals surface area contributed by atoms with Crippen molar-refractivity contribution in [1.82, 2.24) is 5.32 Å². The number of nitrogens with one attached hydrogen (secondary N) is 1. The first kappa shape index (κ1) is 13.5. The van der Waals surface area contributed by atoms with Gasteiger partial charge in [-0.1, -0.05) is 20.8 Å². The van der Waals surface area contributed by atoms with Crippen molar-refractivity contribution in [2.75, 3.05) is 26.9 Å². The van der Waals surface area contributed by atoms with E-state index < -0.39 is 0 Å². The van der Waals surface area contributed by atoms with Gasteiger partial charge in [-0.05, 0) is 17.8 Å². The van der Waals surface area contributed by atoms with Gasteiger partial charge in [0.2, 0.25) is 0 Å². The van der Waals surface area contributed by atoms with E-state index in [4.69, 9.17) is 9.47 Å². The third-order valence-corrected chi connectivity index (χ3v) is 2.94. The summed E-state index contributed by atoms with van der Waals surface area (Å²) >= 11 is 0. The fourth-order valence-electron chi connectivity index (χ4n) is 1.89. The Balaban J connectivity index is 2.46. The predicted octanol–water partition coefficient (Wildman–Crippen LogP) is 1.20. The number of rotatable bonds is 4. The summed E-state index contributed by atoms with van der Waals surface area (Å²) in [5, 5.41) is 3.30. The predicted molar refractivity (Wildman–Crippen MR) is 62.2 cm³/mol. The van der Waals surface area contributed by atoms with Gasteiger partial charge in [0, 0.05) is 13.2 Å². The van der Waals surface area contributed by atoms with Crippen LogP contribution in [0.25, 0.3) is 0 Å². The van der Waals surface area contributed by atoms with Crippen molar-refractivity contribution in [1.29, 1.82) is 0 Å². The molecule has 4 heteroatoms. The molecule has 1 heterocycles. The van der Waals surface area contributed by atoms with Crippen LogP contribution >= 0.6 is 0 Å². The van der Waals surface area contributed by atoms with Gasteiger partial charge in [-0.15, -0.1) is 0 Å².